The van der Waals surface area contributed by atoms with Crippen LogP contribution in [0.2, 0.25) is 0 Å². The van der Waals surface area contributed by atoms with Crippen molar-refractivity contribution >= 4 is 5.91 Å². The number of nitrogens with two attached hydrogens (primary N) is 1. The van der Waals surface area contributed by atoms with Gasteiger partial charge in [-0.1, -0.05) is 13.8 Å². The molecule has 1 rings (SSSR count). The van der Waals surface area contributed by atoms with Gasteiger partial charge in [0.2, 0.25) is 0 Å². The van der Waals surface area contributed by atoms with Gasteiger partial charge in [-0.3, -0.25) is 4.79 Å². The molecule has 1 atom stereocenters. The van der Waals surface area contributed by atoms with Gasteiger partial charge in [-0.05, 0) is 38.8 Å². The average Bonchev–Trinajstić information content (AvgIpc) is 2.43. The Hall–Kier alpha value is -1.49. The van der Waals surface area contributed by atoms with E-state index in [4.69, 9.17) is 5.73 Å². The van der Waals surface area contributed by atoms with E-state index in [0.717, 1.165) is 11.4 Å². The van der Waals surface area contributed by atoms with Crippen LogP contribution in [0.5, 0.6) is 0 Å². The first-order chi connectivity index (χ1) is 9.03. The normalized spacial score (nSPS) is 12.3. The van der Waals surface area contributed by atoms with Crippen LogP contribution in [0.1, 0.15) is 42.5 Å². The van der Waals surface area contributed by atoms with Gasteiger partial charge in [-0.15, -0.1) is 0 Å². The lowest BCUT2D eigenvalue weighted by Gasteiger charge is -2.24. The highest BCUT2D eigenvalue weighted by atomic mass is 16.2. The molecular weight excluding hydrogens is 240 g/mol. The van der Waals surface area contributed by atoms with Crippen molar-refractivity contribution in [3.63, 3.8) is 0 Å². The third kappa shape index (κ3) is 3.99. The van der Waals surface area contributed by atoms with Crippen molar-refractivity contribution in [2.24, 2.45) is 11.7 Å². The van der Waals surface area contributed by atoms with Crippen LogP contribution in [0.4, 0.5) is 0 Å². The van der Waals surface area contributed by atoms with Gasteiger partial charge in [0.05, 0.1) is 17.0 Å². The SMILES string of the molecule is CCc1nnc(C)cc1C(=O)N(CC)CC(C)CN. The molecule has 1 aromatic heterocycles. The van der Waals surface area contributed by atoms with E-state index < -0.39 is 0 Å². The number of carbonyl (C=O) groups is 1. The molecule has 0 spiro atoms. The molecule has 0 aromatic carbocycles. The summed E-state index contributed by atoms with van der Waals surface area (Å²) in [4.78, 5) is 14.4. The summed E-state index contributed by atoms with van der Waals surface area (Å²) in [5.41, 5.74) is 7.83. The van der Waals surface area contributed by atoms with E-state index in [1.54, 1.807) is 0 Å². The zero-order valence-electron chi connectivity index (χ0n) is 12.3. The average molecular weight is 264 g/mol. The molecule has 2 N–H and O–H groups in total. The van der Waals surface area contributed by atoms with Crippen molar-refractivity contribution in [3.05, 3.63) is 23.0 Å². The maximum Gasteiger partial charge on any atom is 0.255 e. The number of aromatic nitrogens is 2. The number of aryl methyl sites for hydroxylation is 2. The summed E-state index contributed by atoms with van der Waals surface area (Å²) in [5, 5.41) is 8.13. The Morgan fingerprint density at radius 1 is 1.42 bits per heavy atom. The van der Waals surface area contributed by atoms with Gasteiger partial charge >= 0.3 is 0 Å². The molecule has 5 nitrogen and oxygen atoms in total. The van der Waals surface area contributed by atoms with Crippen molar-refractivity contribution in [1.29, 1.82) is 0 Å². The van der Waals surface area contributed by atoms with Crippen molar-refractivity contribution in [2.45, 2.75) is 34.1 Å². The molecule has 19 heavy (non-hydrogen) atoms. The number of nitrogens with zero attached hydrogens (tertiary/aromatic N) is 3. The quantitative estimate of drug-likeness (QED) is 0.843. The number of hydrogen-bond donors (Lipinski definition) is 1. The number of hydrogen-bond acceptors (Lipinski definition) is 4. The first kappa shape index (κ1) is 15.6. The van der Waals surface area contributed by atoms with E-state index in [1.807, 2.05) is 38.7 Å². The summed E-state index contributed by atoms with van der Waals surface area (Å²) >= 11 is 0. The molecule has 0 bridgehead atoms. The minimum atomic E-state index is 0.0256. The first-order valence-electron chi connectivity index (χ1n) is 6.85. The van der Waals surface area contributed by atoms with Crippen LogP contribution in [0.25, 0.3) is 0 Å². The van der Waals surface area contributed by atoms with Gasteiger partial charge in [0, 0.05) is 13.1 Å². The predicted octanol–water partition coefficient (Wildman–Crippen LogP) is 1.40. The molecule has 1 amide bonds. The van der Waals surface area contributed by atoms with Gasteiger partial charge in [0.1, 0.15) is 0 Å². The molecule has 106 valence electrons. The summed E-state index contributed by atoms with van der Waals surface area (Å²) in [6.45, 7) is 9.79. The fourth-order valence-electron chi connectivity index (χ4n) is 1.94. The minimum absolute atomic E-state index is 0.0256. The highest BCUT2D eigenvalue weighted by molar-refractivity contribution is 5.95. The standard InChI is InChI=1S/C14H24N4O/c1-5-13-12(7-11(4)16-17-13)14(19)18(6-2)9-10(3)8-15/h7,10H,5-6,8-9,15H2,1-4H3. The maximum absolute atomic E-state index is 12.6. The largest absolute Gasteiger partial charge is 0.339 e. The first-order valence-corrected chi connectivity index (χ1v) is 6.85. The summed E-state index contributed by atoms with van der Waals surface area (Å²) in [6.07, 6.45) is 0.707. The van der Waals surface area contributed by atoms with E-state index in [9.17, 15) is 4.79 Å². The molecule has 1 unspecified atom stereocenters. The Morgan fingerprint density at radius 2 is 2.11 bits per heavy atom. The smallest absolute Gasteiger partial charge is 0.255 e. The minimum Gasteiger partial charge on any atom is -0.339 e. The molecule has 0 aliphatic rings. The van der Waals surface area contributed by atoms with Crippen molar-refractivity contribution in [1.82, 2.24) is 15.1 Å². The van der Waals surface area contributed by atoms with E-state index >= 15 is 0 Å². The molecule has 1 aromatic rings. The van der Waals surface area contributed by atoms with Crippen LogP contribution >= 0.6 is 0 Å². The summed E-state index contributed by atoms with van der Waals surface area (Å²) in [7, 11) is 0. The Balaban J connectivity index is 2.99. The molecule has 1 heterocycles. The second kappa shape index (κ2) is 7.19. The fourth-order valence-corrected chi connectivity index (χ4v) is 1.94. The molecule has 0 saturated heterocycles. The summed E-state index contributed by atoms with van der Waals surface area (Å²) in [5.74, 6) is 0.322. The van der Waals surface area contributed by atoms with Crippen LogP contribution in [-0.2, 0) is 6.42 Å². The summed E-state index contributed by atoms with van der Waals surface area (Å²) < 4.78 is 0. The molecule has 0 aliphatic carbocycles. The molecular formula is C14H24N4O. The van der Waals surface area contributed by atoms with Gasteiger partial charge in [-0.25, -0.2) is 0 Å². The van der Waals surface area contributed by atoms with Gasteiger partial charge in [0.25, 0.3) is 5.91 Å². The van der Waals surface area contributed by atoms with Gasteiger partial charge in [0.15, 0.2) is 0 Å². The van der Waals surface area contributed by atoms with Crippen LogP contribution in [-0.4, -0.2) is 40.6 Å². The highest BCUT2D eigenvalue weighted by Gasteiger charge is 2.20. The zero-order valence-corrected chi connectivity index (χ0v) is 12.3. The Kier molecular flexibility index (Phi) is 5.89. The lowest BCUT2D eigenvalue weighted by atomic mass is 10.1. The number of amides is 1. The van der Waals surface area contributed by atoms with Crippen molar-refractivity contribution in [2.75, 3.05) is 19.6 Å². The second-order valence-electron chi connectivity index (χ2n) is 4.88. The Labute approximate surface area is 115 Å². The lowest BCUT2D eigenvalue weighted by Crippen LogP contribution is -2.37. The molecule has 0 aliphatic heterocycles. The predicted molar refractivity (Wildman–Crippen MR) is 75.9 cm³/mol. The van der Waals surface area contributed by atoms with Crippen molar-refractivity contribution < 1.29 is 4.79 Å². The second-order valence-corrected chi connectivity index (χ2v) is 4.88. The fraction of sp³-hybridized carbons (Fsp3) is 0.643. The summed E-state index contributed by atoms with van der Waals surface area (Å²) in [6, 6.07) is 1.82. The zero-order chi connectivity index (χ0) is 14.4. The van der Waals surface area contributed by atoms with Crippen LogP contribution < -0.4 is 5.73 Å². The molecule has 0 fully saturated rings. The van der Waals surface area contributed by atoms with Crippen LogP contribution in [0, 0.1) is 12.8 Å². The van der Waals surface area contributed by atoms with E-state index in [-0.39, 0.29) is 5.91 Å². The number of rotatable bonds is 6. The van der Waals surface area contributed by atoms with E-state index in [1.165, 1.54) is 0 Å². The van der Waals surface area contributed by atoms with Crippen molar-refractivity contribution in [3.8, 4) is 0 Å². The Morgan fingerprint density at radius 3 is 2.63 bits per heavy atom. The Bertz CT molecular complexity index is 433. The monoisotopic (exact) mass is 264 g/mol. The third-order valence-electron chi connectivity index (χ3n) is 3.16. The molecule has 0 radical (unpaired) electrons. The topological polar surface area (TPSA) is 72.1 Å². The van der Waals surface area contributed by atoms with Gasteiger partial charge < -0.3 is 10.6 Å². The van der Waals surface area contributed by atoms with Gasteiger partial charge in [-0.2, -0.15) is 10.2 Å². The highest BCUT2D eigenvalue weighted by Crippen LogP contribution is 2.12. The maximum atomic E-state index is 12.6. The molecule has 5 heteroatoms. The third-order valence-corrected chi connectivity index (χ3v) is 3.16. The lowest BCUT2D eigenvalue weighted by molar-refractivity contribution is 0.0741. The van der Waals surface area contributed by atoms with E-state index in [2.05, 4.69) is 10.2 Å². The number of carbonyl (C=O) groups excluding carboxylic acids is 1. The van der Waals surface area contributed by atoms with Crippen LogP contribution in [0.15, 0.2) is 6.07 Å². The van der Waals surface area contributed by atoms with E-state index in [0.29, 0.717) is 37.5 Å². The molecule has 0 saturated carbocycles. The van der Waals surface area contributed by atoms with Crippen LogP contribution in [0.3, 0.4) is 0 Å².